The van der Waals surface area contributed by atoms with Gasteiger partial charge in [0.2, 0.25) is 0 Å². The summed E-state index contributed by atoms with van der Waals surface area (Å²) in [5.74, 6) is -1.02. The van der Waals surface area contributed by atoms with E-state index in [1.165, 1.54) is 33.6 Å². The zero-order chi connectivity index (χ0) is 18.8. The maximum absolute atomic E-state index is 12.8. The van der Waals surface area contributed by atoms with Crippen LogP contribution < -0.4 is 16.4 Å². The van der Waals surface area contributed by atoms with E-state index in [0.29, 0.717) is 15.9 Å². The van der Waals surface area contributed by atoms with Crippen LogP contribution in [0.2, 0.25) is 0 Å². The number of H-pyrrole nitrogens is 1. The molecule has 0 aromatic carbocycles. The van der Waals surface area contributed by atoms with E-state index in [1.54, 1.807) is 18.3 Å². The molecule has 4 aromatic rings. The molecule has 0 bridgehead atoms. The third kappa shape index (κ3) is 3.39. The van der Waals surface area contributed by atoms with Gasteiger partial charge in [0.25, 0.3) is 17.4 Å². The van der Waals surface area contributed by atoms with E-state index in [1.807, 2.05) is 22.9 Å². The van der Waals surface area contributed by atoms with Crippen LogP contribution in [-0.4, -0.2) is 26.3 Å². The Morgan fingerprint density at radius 1 is 1.19 bits per heavy atom. The highest BCUT2D eigenvalue weighted by Gasteiger charge is 2.15. The summed E-state index contributed by atoms with van der Waals surface area (Å²) in [6.07, 6.45) is 2.94. The number of hydrazine groups is 1. The molecule has 4 aromatic heterocycles. The van der Waals surface area contributed by atoms with Gasteiger partial charge in [-0.2, -0.15) is 0 Å². The van der Waals surface area contributed by atoms with Gasteiger partial charge in [0, 0.05) is 22.0 Å². The SMILES string of the molecule is O=C(Cn1cnc2scc(-c3cccs3)c2c1=O)NNC(=O)c1ccc[nH]1. The molecule has 0 atom stereocenters. The fraction of sp³-hybridized carbons (Fsp3) is 0.0588. The number of thiophene rings is 2. The van der Waals surface area contributed by atoms with Crippen molar-refractivity contribution in [2.45, 2.75) is 6.54 Å². The lowest BCUT2D eigenvalue weighted by Crippen LogP contribution is -2.44. The fourth-order valence-corrected chi connectivity index (χ4v) is 4.27. The second kappa shape index (κ2) is 7.17. The predicted molar refractivity (Wildman–Crippen MR) is 104 cm³/mol. The van der Waals surface area contributed by atoms with Gasteiger partial charge in [0.1, 0.15) is 17.1 Å². The van der Waals surface area contributed by atoms with Gasteiger partial charge in [0.15, 0.2) is 0 Å². The van der Waals surface area contributed by atoms with E-state index >= 15 is 0 Å². The first-order chi connectivity index (χ1) is 13.1. The summed E-state index contributed by atoms with van der Waals surface area (Å²) >= 11 is 2.92. The van der Waals surface area contributed by atoms with Gasteiger partial charge in [-0.15, -0.1) is 22.7 Å². The minimum absolute atomic E-state index is 0.257. The van der Waals surface area contributed by atoms with Gasteiger partial charge in [-0.25, -0.2) is 4.98 Å². The second-order valence-electron chi connectivity index (χ2n) is 5.57. The van der Waals surface area contributed by atoms with Crippen molar-refractivity contribution in [3.63, 3.8) is 0 Å². The average molecular weight is 399 g/mol. The highest BCUT2D eigenvalue weighted by molar-refractivity contribution is 7.18. The van der Waals surface area contributed by atoms with E-state index in [0.717, 1.165) is 10.4 Å². The van der Waals surface area contributed by atoms with E-state index in [-0.39, 0.29) is 12.1 Å². The molecular formula is C17H13N5O3S2. The number of carbonyl (C=O) groups excluding carboxylic acids is 2. The summed E-state index contributed by atoms with van der Waals surface area (Å²) in [7, 11) is 0. The number of fused-ring (bicyclic) bond motifs is 1. The number of amides is 2. The third-order valence-electron chi connectivity index (χ3n) is 3.82. The lowest BCUT2D eigenvalue weighted by molar-refractivity contribution is -0.122. The van der Waals surface area contributed by atoms with Crippen molar-refractivity contribution in [1.29, 1.82) is 0 Å². The molecule has 0 aliphatic heterocycles. The van der Waals surface area contributed by atoms with Crippen molar-refractivity contribution < 1.29 is 9.59 Å². The molecule has 0 spiro atoms. The van der Waals surface area contributed by atoms with Crippen LogP contribution in [0.3, 0.4) is 0 Å². The number of aromatic amines is 1. The van der Waals surface area contributed by atoms with Crippen LogP contribution in [0, 0.1) is 0 Å². The number of carbonyl (C=O) groups is 2. The van der Waals surface area contributed by atoms with Crippen molar-refractivity contribution in [3.8, 4) is 10.4 Å². The third-order valence-corrected chi connectivity index (χ3v) is 5.61. The number of hydrogen-bond acceptors (Lipinski definition) is 6. The molecule has 2 amide bonds. The van der Waals surface area contributed by atoms with Gasteiger partial charge < -0.3 is 4.98 Å². The predicted octanol–water partition coefficient (Wildman–Crippen LogP) is 1.98. The van der Waals surface area contributed by atoms with E-state index in [4.69, 9.17) is 0 Å². The minimum atomic E-state index is -0.536. The van der Waals surface area contributed by atoms with Crippen LogP contribution in [0.25, 0.3) is 20.7 Å². The van der Waals surface area contributed by atoms with Gasteiger partial charge in [-0.05, 0) is 23.6 Å². The molecule has 8 nitrogen and oxygen atoms in total. The molecule has 0 unspecified atom stereocenters. The normalized spacial score (nSPS) is 10.8. The first-order valence-electron chi connectivity index (χ1n) is 7.86. The van der Waals surface area contributed by atoms with Crippen LogP contribution in [0.15, 0.2) is 52.3 Å². The standard InChI is InChI=1S/C17H13N5O3S2/c23-13(20-21-15(24)11-3-1-5-18-11)7-22-9-19-16-14(17(22)25)10(8-27-16)12-4-2-6-26-12/h1-6,8-9,18H,7H2,(H,20,23)(H,21,24). The van der Waals surface area contributed by atoms with Crippen molar-refractivity contribution in [3.05, 3.63) is 63.6 Å². The molecule has 0 fully saturated rings. The van der Waals surface area contributed by atoms with Gasteiger partial charge >= 0.3 is 0 Å². The molecule has 0 saturated heterocycles. The fourth-order valence-electron chi connectivity index (χ4n) is 2.55. The maximum Gasteiger partial charge on any atom is 0.286 e. The van der Waals surface area contributed by atoms with Crippen molar-refractivity contribution >= 4 is 44.7 Å². The summed E-state index contributed by atoms with van der Waals surface area (Å²) in [5, 5.41) is 4.33. The summed E-state index contributed by atoms with van der Waals surface area (Å²) in [6.45, 7) is -0.257. The second-order valence-corrected chi connectivity index (χ2v) is 7.38. The number of rotatable bonds is 4. The first-order valence-corrected chi connectivity index (χ1v) is 9.62. The zero-order valence-electron chi connectivity index (χ0n) is 13.8. The molecule has 4 rings (SSSR count). The molecular weight excluding hydrogens is 386 g/mol. The number of hydrogen-bond donors (Lipinski definition) is 3. The molecule has 0 radical (unpaired) electrons. The highest BCUT2D eigenvalue weighted by Crippen LogP contribution is 2.33. The summed E-state index contributed by atoms with van der Waals surface area (Å²) in [4.78, 5) is 45.3. The Balaban J connectivity index is 1.53. The van der Waals surface area contributed by atoms with Crippen LogP contribution in [0.1, 0.15) is 10.5 Å². The monoisotopic (exact) mass is 399 g/mol. The Labute approximate surface area is 160 Å². The topological polar surface area (TPSA) is 109 Å². The number of nitrogens with one attached hydrogen (secondary N) is 3. The Kier molecular flexibility index (Phi) is 4.57. The van der Waals surface area contributed by atoms with Crippen LogP contribution in [-0.2, 0) is 11.3 Å². The van der Waals surface area contributed by atoms with Gasteiger partial charge in [-0.3, -0.25) is 29.8 Å². The average Bonchev–Trinajstić information content (AvgIpc) is 3.41. The molecule has 3 N–H and O–H groups in total. The molecule has 0 aliphatic carbocycles. The molecule has 0 aliphatic rings. The summed E-state index contributed by atoms with van der Waals surface area (Å²) in [5.41, 5.74) is 5.41. The van der Waals surface area contributed by atoms with Crippen LogP contribution >= 0.6 is 22.7 Å². The van der Waals surface area contributed by atoms with Gasteiger partial charge in [0.05, 0.1) is 11.7 Å². The Morgan fingerprint density at radius 3 is 2.81 bits per heavy atom. The largest absolute Gasteiger partial charge is 0.357 e. The lowest BCUT2D eigenvalue weighted by atomic mass is 10.2. The molecule has 136 valence electrons. The summed E-state index contributed by atoms with van der Waals surface area (Å²) < 4.78 is 1.22. The van der Waals surface area contributed by atoms with E-state index in [2.05, 4.69) is 20.8 Å². The van der Waals surface area contributed by atoms with E-state index < -0.39 is 11.8 Å². The smallest absolute Gasteiger partial charge is 0.286 e. The van der Waals surface area contributed by atoms with Crippen LogP contribution in [0.4, 0.5) is 0 Å². The molecule has 27 heavy (non-hydrogen) atoms. The number of nitrogens with zero attached hydrogens (tertiary/aromatic N) is 2. The minimum Gasteiger partial charge on any atom is -0.357 e. The lowest BCUT2D eigenvalue weighted by Gasteiger charge is -2.08. The van der Waals surface area contributed by atoms with Crippen molar-refractivity contribution in [2.75, 3.05) is 0 Å². The first kappa shape index (κ1) is 17.2. The molecule has 0 saturated carbocycles. The van der Waals surface area contributed by atoms with Gasteiger partial charge in [-0.1, -0.05) is 6.07 Å². The Hall–Kier alpha value is -3.24. The van der Waals surface area contributed by atoms with Crippen molar-refractivity contribution in [2.24, 2.45) is 0 Å². The number of aromatic nitrogens is 3. The van der Waals surface area contributed by atoms with Crippen LogP contribution in [0.5, 0.6) is 0 Å². The highest BCUT2D eigenvalue weighted by atomic mass is 32.1. The molecule has 10 heteroatoms. The Bertz CT molecular complexity index is 1160. The zero-order valence-corrected chi connectivity index (χ0v) is 15.4. The quantitative estimate of drug-likeness (QED) is 0.456. The van der Waals surface area contributed by atoms with E-state index in [9.17, 15) is 14.4 Å². The summed E-state index contributed by atoms with van der Waals surface area (Å²) in [6, 6.07) is 7.10. The van der Waals surface area contributed by atoms with Crippen molar-refractivity contribution in [1.82, 2.24) is 25.4 Å². The maximum atomic E-state index is 12.8. The molecule has 4 heterocycles. The Morgan fingerprint density at radius 2 is 2.07 bits per heavy atom.